The zero-order chi connectivity index (χ0) is 20.6. The molecule has 0 fully saturated rings. The summed E-state index contributed by atoms with van der Waals surface area (Å²) in [6, 6.07) is 7.07. The highest BCUT2D eigenvalue weighted by Gasteiger charge is 2.16. The number of amides is 1. The molecule has 0 atom stereocenters. The SMILES string of the molecule is COC(=O)c1ccc(Cl)c(NC(=O)c2ccc3c(=O)n(C)c(=O)n(C)c3n2)c1. The van der Waals surface area contributed by atoms with Crippen molar-refractivity contribution in [3.63, 3.8) is 0 Å². The second-order valence-corrected chi connectivity index (χ2v) is 6.32. The first-order chi connectivity index (χ1) is 13.2. The summed E-state index contributed by atoms with van der Waals surface area (Å²) < 4.78 is 6.78. The van der Waals surface area contributed by atoms with Gasteiger partial charge in [-0.05, 0) is 30.3 Å². The number of aromatic nitrogens is 3. The molecule has 1 N–H and O–H groups in total. The van der Waals surface area contributed by atoms with Crippen molar-refractivity contribution in [3.8, 4) is 0 Å². The third kappa shape index (κ3) is 3.27. The lowest BCUT2D eigenvalue weighted by molar-refractivity contribution is 0.0600. The fourth-order valence-electron chi connectivity index (χ4n) is 2.63. The number of benzene rings is 1. The van der Waals surface area contributed by atoms with Gasteiger partial charge in [0.1, 0.15) is 11.3 Å². The van der Waals surface area contributed by atoms with Gasteiger partial charge in [0.25, 0.3) is 11.5 Å². The Morgan fingerprint density at radius 1 is 1.11 bits per heavy atom. The molecule has 1 aromatic carbocycles. The van der Waals surface area contributed by atoms with Gasteiger partial charge in [-0.1, -0.05) is 11.6 Å². The minimum Gasteiger partial charge on any atom is -0.465 e. The topological polar surface area (TPSA) is 112 Å². The summed E-state index contributed by atoms with van der Waals surface area (Å²) in [6.45, 7) is 0. The highest BCUT2D eigenvalue weighted by molar-refractivity contribution is 6.34. The van der Waals surface area contributed by atoms with Gasteiger partial charge in [0.2, 0.25) is 0 Å². The van der Waals surface area contributed by atoms with Crippen LogP contribution in [0, 0.1) is 0 Å². The van der Waals surface area contributed by atoms with E-state index in [9.17, 15) is 19.2 Å². The number of hydrogen-bond donors (Lipinski definition) is 1. The maximum absolute atomic E-state index is 12.6. The smallest absolute Gasteiger partial charge is 0.337 e. The van der Waals surface area contributed by atoms with Crippen LogP contribution in [0.1, 0.15) is 20.8 Å². The molecule has 0 aliphatic heterocycles. The summed E-state index contributed by atoms with van der Waals surface area (Å²) in [7, 11) is 4.05. The fourth-order valence-corrected chi connectivity index (χ4v) is 2.80. The quantitative estimate of drug-likeness (QED) is 0.661. The van der Waals surface area contributed by atoms with Gasteiger partial charge in [-0.2, -0.15) is 0 Å². The number of nitrogens with zero attached hydrogens (tertiary/aromatic N) is 3. The maximum Gasteiger partial charge on any atom is 0.337 e. The van der Waals surface area contributed by atoms with Crippen LogP contribution < -0.4 is 16.6 Å². The number of methoxy groups -OCH3 is 1. The third-order valence-corrected chi connectivity index (χ3v) is 4.50. The van der Waals surface area contributed by atoms with Crippen LogP contribution >= 0.6 is 11.6 Å². The van der Waals surface area contributed by atoms with Crippen molar-refractivity contribution in [1.82, 2.24) is 14.1 Å². The van der Waals surface area contributed by atoms with Crippen molar-refractivity contribution in [2.24, 2.45) is 14.1 Å². The average molecular weight is 403 g/mol. The van der Waals surface area contributed by atoms with Crippen LogP contribution in [0.5, 0.6) is 0 Å². The molecule has 0 bridgehead atoms. The predicted molar refractivity (Wildman–Crippen MR) is 103 cm³/mol. The number of ether oxygens (including phenoxy) is 1. The number of hydrogen-bond acceptors (Lipinski definition) is 6. The molecule has 2 heterocycles. The molecule has 0 spiro atoms. The third-order valence-electron chi connectivity index (χ3n) is 4.17. The first kappa shape index (κ1) is 19.3. The number of carbonyl (C=O) groups is 2. The van der Waals surface area contributed by atoms with E-state index in [1.54, 1.807) is 0 Å². The second kappa shape index (κ2) is 7.28. The lowest BCUT2D eigenvalue weighted by Crippen LogP contribution is -2.37. The Balaban J connectivity index is 2.02. The van der Waals surface area contributed by atoms with Crippen molar-refractivity contribution >= 4 is 40.2 Å². The first-order valence-electron chi connectivity index (χ1n) is 8.00. The second-order valence-electron chi connectivity index (χ2n) is 5.91. The van der Waals surface area contributed by atoms with Crippen molar-refractivity contribution in [2.45, 2.75) is 0 Å². The number of halogens is 1. The van der Waals surface area contributed by atoms with E-state index in [1.807, 2.05) is 0 Å². The summed E-state index contributed by atoms with van der Waals surface area (Å²) >= 11 is 6.08. The molecule has 0 radical (unpaired) electrons. The minimum atomic E-state index is -0.626. The zero-order valence-corrected chi connectivity index (χ0v) is 15.9. The highest BCUT2D eigenvalue weighted by Crippen LogP contribution is 2.24. The summed E-state index contributed by atoms with van der Waals surface area (Å²) in [5.74, 6) is -1.21. The monoisotopic (exact) mass is 402 g/mol. The van der Waals surface area contributed by atoms with Gasteiger partial charge in [-0.15, -0.1) is 0 Å². The van der Waals surface area contributed by atoms with Crippen LogP contribution in [0.25, 0.3) is 11.0 Å². The van der Waals surface area contributed by atoms with E-state index in [0.717, 1.165) is 4.57 Å². The molecule has 0 aliphatic carbocycles. The molecule has 0 saturated heterocycles. The number of nitrogens with one attached hydrogen (secondary N) is 1. The summed E-state index contributed by atoms with van der Waals surface area (Å²) in [5, 5.41) is 2.97. The van der Waals surface area contributed by atoms with Gasteiger partial charge < -0.3 is 10.1 Å². The number of pyridine rings is 1. The van der Waals surface area contributed by atoms with E-state index in [0.29, 0.717) is 0 Å². The lowest BCUT2D eigenvalue weighted by Gasteiger charge is -2.10. The number of fused-ring (bicyclic) bond motifs is 1. The molecule has 0 unspecified atom stereocenters. The molecule has 0 aliphatic rings. The van der Waals surface area contributed by atoms with Gasteiger partial charge in [-0.25, -0.2) is 14.6 Å². The van der Waals surface area contributed by atoms with Crippen LogP contribution in [-0.2, 0) is 18.8 Å². The van der Waals surface area contributed by atoms with E-state index in [2.05, 4.69) is 15.0 Å². The van der Waals surface area contributed by atoms with Crippen LogP contribution in [0.2, 0.25) is 5.02 Å². The first-order valence-corrected chi connectivity index (χ1v) is 8.38. The molecule has 0 saturated carbocycles. The Kier molecular flexibility index (Phi) is 5.02. The van der Waals surface area contributed by atoms with Crippen LogP contribution in [0.15, 0.2) is 39.9 Å². The van der Waals surface area contributed by atoms with E-state index in [4.69, 9.17) is 11.6 Å². The number of aryl methyl sites for hydroxylation is 1. The van der Waals surface area contributed by atoms with Crippen molar-refractivity contribution in [3.05, 3.63) is 67.4 Å². The molecule has 1 amide bonds. The molecular weight excluding hydrogens is 388 g/mol. The molecule has 9 nitrogen and oxygen atoms in total. The number of esters is 1. The summed E-state index contributed by atoms with van der Waals surface area (Å²) in [4.78, 5) is 52.7. The average Bonchev–Trinajstić information content (AvgIpc) is 2.71. The largest absolute Gasteiger partial charge is 0.465 e. The van der Waals surface area contributed by atoms with Gasteiger partial charge in [0.15, 0.2) is 0 Å². The summed E-state index contributed by atoms with van der Waals surface area (Å²) in [6.07, 6.45) is 0. The fraction of sp³-hybridized carbons (Fsp3) is 0.167. The lowest BCUT2D eigenvalue weighted by atomic mass is 10.2. The number of anilines is 1. The summed E-state index contributed by atoms with van der Waals surface area (Å²) in [5.41, 5.74) is -0.623. The van der Waals surface area contributed by atoms with Gasteiger partial charge in [0.05, 0.1) is 28.8 Å². The van der Waals surface area contributed by atoms with E-state index < -0.39 is 23.1 Å². The van der Waals surface area contributed by atoms with Crippen molar-refractivity contribution < 1.29 is 14.3 Å². The zero-order valence-electron chi connectivity index (χ0n) is 15.1. The Hall–Kier alpha value is -3.46. The number of carbonyl (C=O) groups excluding carboxylic acids is 2. The molecule has 28 heavy (non-hydrogen) atoms. The van der Waals surface area contributed by atoms with E-state index >= 15 is 0 Å². The van der Waals surface area contributed by atoms with Crippen molar-refractivity contribution in [2.75, 3.05) is 12.4 Å². The van der Waals surface area contributed by atoms with Crippen LogP contribution in [-0.4, -0.2) is 33.1 Å². The molecule has 144 valence electrons. The minimum absolute atomic E-state index is 0.0321. The van der Waals surface area contributed by atoms with Gasteiger partial charge in [0, 0.05) is 14.1 Å². The standard InChI is InChI=1S/C18H15ClN4O5/c1-22-14-10(16(25)23(2)18(22)27)5-7-12(20-14)15(24)21-13-8-9(17(26)28-3)4-6-11(13)19/h4-8H,1-3H3,(H,21,24). The Bertz CT molecular complexity index is 1250. The van der Waals surface area contributed by atoms with Gasteiger partial charge >= 0.3 is 11.7 Å². The van der Waals surface area contributed by atoms with E-state index in [1.165, 1.54) is 56.1 Å². The molecule has 3 rings (SSSR count). The van der Waals surface area contributed by atoms with Crippen LogP contribution in [0.4, 0.5) is 5.69 Å². The normalized spacial score (nSPS) is 10.7. The molecular formula is C18H15ClN4O5. The van der Waals surface area contributed by atoms with Crippen LogP contribution in [0.3, 0.4) is 0 Å². The highest BCUT2D eigenvalue weighted by atomic mass is 35.5. The van der Waals surface area contributed by atoms with E-state index in [-0.39, 0.29) is 33.0 Å². The number of rotatable bonds is 3. The Morgan fingerprint density at radius 2 is 1.82 bits per heavy atom. The molecule has 2 aromatic heterocycles. The maximum atomic E-state index is 12.6. The Morgan fingerprint density at radius 3 is 2.50 bits per heavy atom. The predicted octanol–water partition coefficient (Wildman–Crippen LogP) is 1.32. The molecule has 10 heteroatoms. The Labute approximate surface area is 163 Å². The van der Waals surface area contributed by atoms with Crippen molar-refractivity contribution in [1.29, 1.82) is 0 Å². The van der Waals surface area contributed by atoms with Gasteiger partial charge in [-0.3, -0.25) is 18.7 Å². The molecule has 3 aromatic rings.